The highest BCUT2D eigenvalue weighted by molar-refractivity contribution is 7.89. The highest BCUT2D eigenvalue weighted by atomic mass is 32.2. The number of nitrogens with one attached hydrogen (secondary N) is 2. The minimum absolute atomic E-state index is 0.00356. The third-order valence-corrected chi connectivity index (χ3v) is 10.6. The fraction of sp³-hybridized carbons (Fsp3) is 0.593. The zero-order valence-corrected chi connectivity index (χ0v) is 23.7. The number of hydrogen-bond donors (Lipinski definition) is 3. The number of fused-ring (bicyclic) bond motifs is 1. The second kappa shape index (κ2) is 10.6. The fourth-order valence-corrected chi connectivity index (χ4v) is 7.79. The van der Waals surface area contributed by atoms with Crippen LogP contribution in [0, 0.1) is 5.92 Å². The summed E-state index contributed by atoms with van der Waals surface area (Å²) in [6.07, 6.45) is 0.0211. The van der Waals surface area contributed by atoms with Crippen molar-refractivity contribution in [2.45, 2.75) is 48.3 Å². The number of piperidine rings is 1. The molecule has 0 amide bonds. The van der Waals surface area contributed by atoms with Crippen molar-refractivity contribution in [2.75, 3.05) is 58.4 Å². The lowest BCUT2D eigenvalue weighted by Crippen LogP contribution is -2.53. The maximum atomic E-state index is 13.7. The number of methoxy groups -OCH3 is 1. The quantitative estimate of drug-likeness (QED) is 0.439. The molecule has 4 aliphatic heterocycles. The average molecular weight is 597 g/mol. The van der Waals surface area contributed by atoms with E-state index in [4.69, 9.17) is 15.2 Å². The van der Waals surface area contributed by atoms with Gasteiger partial charge in [-0.25, -0.2) is 8.42 Å². The Hall–Kier alpha value is -2.65. The second-order valence-corrected chi connectivity index (χ2v) is 13.1. The molecule has 0 aromatic heterocycles. The molecule has 2 saturated heterocycles. The smallest absolute Gasteiger partial charge is 0.414 e. The SMILES string of the molecule is COc1cc(S(=O)(=O)N2CCC(N3CCOCC3)CC2)ccc1NC1=CC(N)(C2CC2)C2=C(C(F)(F)F)CN=C2N1. The van der Waals surface area contributed by atoms with Crippen molar-refractivity contribution in [1.29, 1.82) is 0 Å². The number of alkyl halides is 3. The van der Waals surface area contributed by atoms with Gasteiger partial charge in [0, 0.05) is 43.9 Å². The molecule has 0 radical (unpaired) electrons. The van der Waals surface area contributed by atoms with Gasteiger partial charge in [-0.15, -0.1) is 0 Å². The minimum atomic E-state index is -4.52. The minimum Gasteiger partial charge on any atom is -0.495 e. The van der Waals surface area contributed by atoms with Gasteiger partial charge in [-0.2, -0.15) is 17.5 Å². The lowest BCUT2D eigenvalue weighted by molar-refractivity contribution is -0.0927. The number of nitrogens with zero attached hydrogens (tertiary/aromatic N) is 3. The number of hydrogen-bond acceptors (Lipinski definition) is 9. The monoisotopic (exact) mass is 596 g/mol. The molecule has 5 aliphatic rings. The Balaban J connectivity index is 1.21. The molecule has 1 saturated carbocycles. The molecule has 6 rings (SSSR count). The van der Waals surface area contributed by atoms with E-state index in [-0.39, 0.29) is 28.0 Å². The number of amidine groups is 1. The summed E-state index contributed by atoms with van der Waals surface area (Å²) in [5, 5.41) is 6.09. The number of sulfonamides is 1. The Kier molecular flexibility index (Phi) is 7.34. The maximum Gasteiger partial charge on any atom is 0.414 e. The average Bonchev–Trinajstić information content (AvgIpc) is 3.73. The van der Waals surface area contributed by atoms with E-state index in [1.807, 2.05) is 0 Å². The van der Waals surface area contributed by atoms with E-state index in [0.717, 1.165) is 38.8 Å². The topological polar surface area (TPSA) is 122 Å². The van der Waals surface area contributed by atoms with E-state index in [2.05, 4.69) is 20.5 Å². The Morgan fingerprint density at radius 2 is 1.85 bits per heavy atom. The second-order valence-electron chi connectivity index (χ2n) is 11.2. The van der Waals surface area contributed by atoms with E-state index in [1.54, 1.807) is 12.1 Å². The Labute approximate surface area is 237 Å². The molecule has 224 valence electrons. The van der Waals surface area contributed by atoms with Crippen LogP contribution >= 0.6 is 0 Å². The van der Waals surface area contributed by atoms with Gasteiger partial charge in [0.1, 0.15) is 17.4 Å². The van der Waals surface area contributed by atoms with Crippen molar-refractivity contribution in [3.63, 3.8) is 0 Å². The van der Waals surface area contributed by atoms with Crippen molar-refractivity contribution < 1.29 is 31.1 Å². The van der Waals surface area contributed by atoms with Gasteiger partial charge in [-0.3, -0.25) is 9.89 Å². The van der Waals surface area contributed by atoms with Crippen LogP contribution in [-0.4, -0.2) is 94.3 Å². The number of nitrogens with two attached hydrogens (primary N) is 1. The molecular weight excluding hydrogens is 561 g/mol. The lowest BCUT2D eigenvalue weighted by atomic mass is 9.80. The van der Waals surface area contributed by atoms with Crippen LogP contribution < -0.4 is 21.1 Å². The van der Waals surface area contributed by atoms with Crippen LogP contribution in [0.4, 0.5) is 18.9 Å². The van der Waals surface area contributed by atoms with E-state index >= 15 is 0 Å². The first kappa shape index (κ1) is 28.5. The molecule has 1 aliphatic carbocycles. The van der Waals surface area contributed by atoms with Gasteiger partial charge in [0.15, 0.2) is 0 Å². The largest absolute Gasteiger partial charge is 0.495 e. The molecule has 1 atom stereocenters. The normalized spacial score (nSPS) is 26.8. The molecule has 41 heavy (non-hydrogen) atoms. The van der Waals surface area contributed by atoms with Crippen LogP contribution in [0.15, 0.2) is 51.1 Å². The van der Waals surface area contributed by atoms with Crippen LogP contribution in [0.5, 0.6) is 5.75 Å². The fourth-order valence-electron chi connectivity index (χ4n) is 6.30. The molecular formula is C27H35F3N6O4S. The van der Waals surface area contributed by atoms with Gasteiger partial charge < -0.3 is 25.8 Å². The third-order valence-electron chi connectivity index (χ3n) is 8.66. The van der Waals surface area contributed by atoms with Crippen LogP contribution in [0.2, 0.25) is 0 Å². The van der Waals surface area contributed by atoms with Crippen LogP contribution in [0.25, 0.3) is 0 Å². The van der Waals surface area contributed by atoms with Crippen molar-refractivity contribution in [2.24, 2.45) is 16.6 Å². The van der Waals surface area contributed by atoms with Gasteiger partial charge in [0.05, 0.1) is 48.6 Å². The van der Waals surface area contributed by atoms with Crippen LogP contribution in [0.1, 0.15) is 25.7 Å². The number of halogens is 3. The van der Waals surface area contributed by atoms with Crippen molar-refractivity contribution >= 4 is 21.5 Å². The molecule has 3 fully saturated rings. The van der Waals surface area contributed by atoms with Crippen molar-refractivity contribution in [3.8, 4) is 5.75 Å². The maximum absolute atomic E-state index is 13.7. The summed E-state index contributed by atoms with van der Waals surface area (Å²) >= 11 is 0. The summed E-state index contributed by atoms with van der Waals surface area (Å²) in [5.74, 6) is 0.621. The summed E-state index contributed by atoms with van der Waals surface area (Å²) in [5.41, 5.74) is 5.06. The van der Waals surface area contributed by atoms with E-state index in [9.17, 15) is 21.6 Å². The van der Waals surface area contributed by atoms with Gasteiger partial charge >= 0.3 is 6.18 Å². The zero-order valence-electron chi connectivity index (χ0n) is 22.8. The summed E-state index contributed by atoms with van der Waals surface area (Å²) in [4.78, 5) is 6.60. The molecule has 1 aromatic carbocycles. The number of ether oxygens (including phenoxy) is 2. The van der Waals surface area contributed by atoms with Gasteiger partial charge in [-0.1, -0.05) is 0 Å². The highest BCUT2D eigenvalue weighted by Crippen LogP contribution is 2.49. The standard InChI is InChI=1S/C27H35F3N6O4S/c1-39-22-14-19(41(37,38)36-8-6-18(7-9-36)35-10-12-40-13-11-35)4-5-21(22)33-23-15-26(31,17-2-3-17)24-20(27(28,29)30)16-32-25(24)34-23/h4-5,14-15,17-18,33H,2-3,6-13,16,31H2,1H3,(H,32,34). The van der Waals surface area contributed by atoms with Crippen molar-refractivity contribution in [3.05, 3.63) is 41.2 Å². The highest BCUT2D eigenvalue weighted by Gasteiger charge is 2.53. The van der Waals surface area contributed by atoms with E-state index < -0.39 is 33.9 Å². The van der Waals surface area contributed by atoms with Crippen LogP contribution in [0.3, 0.4) is 0 Å². The number of aliphatic imine (C=N–C) groups is 1. The number of benzene rings is 1. The van der Waals surface area contributed by atoms with Crippen LogP contribution in [-0.2, 0) is 14.8 Å². The lowest BCUT2D eigenvalue weighted by Gasteiger charge is -2.39. The van der Waals surface area contributed by atoms with E-state index in [0.29, 0.717) is 43.9 Å². The van der Waals surface area contributed by atoms with Gasteiger partial charge in [0.25, 0.3) is 0 Å². The molecule has 4 N–H and O–H groups in total. The number of morpholine rings is 1. The first-order valence-electron chi connectivity index (χ1n) is 13.9. The third kappa shape index (κ3) is 5.36. The molecule has 0 spiro atoms. The summed E-state index contributed by atoms with van der Waals surface area (Å²) in [6, 6.07) is 4.91. The molecule has 10 nitrogen and oxygen atoms in total. The molecule has 1 unspecified atom stereocenters. The summed E-state index contributed by atoms with van der Waals surface area (Å²) in [7, 11) is -2.32. The molecule has 1 aromatic rings. The first-order valence-corrected chi connectivity index (χ1v) is 15.4. The molecule has 0 bridgehead atoms. The Morgan fingerprint density at radius 3 is 2.49 bits per heavy atom. The Morgan fingerprint density at radius 1 is 1.15 bits per heavy atom. The van der Waals surface area contributed by atoms with Gasteiger partial charge in [0.2, 0.25) is 10.0 Å². The molecule has 4 heterocycles. The Bertz CT molecular complexity index is 1390. The zero-order chi connectivity index (χ0) is 29.0. The van der Waals surface area contributed by atoms with E-state index in [1.165, 1.54) is 23.5 Å². The predicted octanol–water partition coefficient (Wildman–Crippen LogP) is 2.42. The predicted molar refractivity (Wildman–Crippen MR) is 147 cm³/mol. The van der Waals surface area contributed by atoms with Gasteiger partial charge in [-0.05, 0) is 49.8 Å². The van der Waals surface area contributed by atoms with Crippen molar-refractivity contribution in [1.82, 2.24) is 14.5 Å². The molecule has 14 heteroatoms. The summed E-state index contributed by atoms with van der Waals surface area (Å²) < 4.78 is 80.7. The summed E-state index contributed by atoms with van der Waals surface area (Å²) in [6.45, 7) is 3.54. The first-order chi connectivity index (χ1) is 19.5. The number of rotatable bonds is 7. The number of anilines is 1.